The fraction of sp³-hybridized carbons (Fsp3) is 0.464. The monoisotopic (exact) mass is 450 g/mol. The lowest BCUT2D eigenvalue weighted by Crippen LogP contribution is -2.44. The number of rotatable bonds is 10. The van der Waals surface area contributed by atoms with Crippen molar-refractivity contribution in [2.24, 2.45) is 4.99 Å². The summed E-state index contributed by atoms with van der Waals surface area (Å²) in [5.74, 6) is 0.911. The summed E-state index contributed by atoms with van der Waals surface area (Å²) in [7, 11) is 1.77. The summed E-state index contributed by atoms with van der Waals surface area (Å²) >= 11 is 0. The van der Waals surface area contributed by atoms with E-state index in [0.29, 0.717) is 6.54 Å². The lowest BCUT2D eigenvalue weighted by atomic mass is 9.99. The molecule has 2 N–H and O–H groups in total. The number of aliphatic imine (C=N–C) groups is 1. The SMILES string of the molecule is C\C=C/N=C1\C=C(CNC(=C/C)/C(=C(\C=C(/C)CC)OC)N2CCNCC2)C=C\C1=C/CC. The second-order valence-electron chi connectivity index (χ2n) is 8.17. The number of nitrogens with zero attached hydrogens (tertiary/aromatic N) is 2. The molecule has 0 amide bonds. The van der Waals surface area contributed by atoms with E-state index in [1.54, 1.807) is 7.11 Å². The minimum atomic E-state index is 0.716. The highest BCUT2D eigenvalue weighted by molar-refractivity contribution is 6.12. The van der Waals surface area contributed by atoms with Crippen LogP contribution in [0.25, 0.3) is 0 Å². The molecule has 0 aromatic carbocycles. The summed E-state index contributed by atoms with van der Waals surface area (Å²) in [5, 5.41) is 7.14. The number of hydrogen-bond donors (Lipinski definition) is 2. The largest absolute Gasteiger partial charge is 0.495 e. The fourth-order valence-electron chi connectivity index (χ4n) is 3.78. The highest BCUT2D eigenvalue weighted by Crippen LogP contribution is 2.23. The molecule has 1 fully saturated rings. The standard InChI is InChI=1S/C28H42N4O/c1-7-11-24-13-12-23(20-26(24)30-14-8-2)21-31-25(10-4)28(32-17-15-29-16-18-32)27(33-6)19-22(5)9-3/h8,10-14,19-20,29,31H,7,9,15-18,21H2,1-6H3/b14-8-,22-19+,24-11+,25-10+,28-27-,30-26+. The van der Waals surface area contributed by atoms with Gasteiger partial charge in [-0.15, -0.1) is 0 Å². The number of piperazine rings is 1. The molecular formula is C28H42N4O. The molecule has 0 saturated carbocycles. The van der Waals surface area contributed by atoms with Gasteiger partial charge in [-0.05, 0) is 56.9 Å². The quantitative estimate of drug-likeness (QED) is 0.345. The molecule has 1 aliphatic heterocycles. The predicted octanol–water partition coefficient (Wildman–Crippen LogP) is 5.41. The third-order valence-corrected chi connectivity index (χ3v) is 5.73. The molecule has 1 aliphatic carbocycles. The average Bonchev–Trinajstić information content (AvgIpc) is 2.85. The molecule has 2 rings (SSSR count). The molecule has 0 bridgehead atoms. The van der Waals surface area contributed by atoms with Crippen molar-refractivity contribution >= 4 is 5.71 Å². The molecule has 2 aliphatic rings. The van der Waals surface area contributed by atoms with Gasteiger partial charge in [0.1, 0.15) is 11.5 Å². The van der Waals surface area contributed by atoms with E-state index in [9.17, 15) is 0 Å². The Labute approximate surface area is 201 Å². The van der Waals surface area contributed by atoms with Gasteiger partial charge in [-0.1, -0.05) is 49.8 Å². The molecule has 5 heteroatoms. The van der Waals surface area contributed by atoms with E-state index in [1.165, 1.54) is 16.7 Å². The summed E-state index contributed by atoms with van der Waals surface area (Å²) in [4.78, 5) is 7.06. The Kier molecular flexibility index (Phi) is 11.5. The second-order valence-corrected chi connectivity index (χ2v) is 8.17. The van der Waals surface area contributed by atoms with E-state index < -0.39 is 0 Å². The van der Waals surface area contributed by atoms with E-state index in [0.717, 1.165) is 61.9 Å². The zero-order valence-corrected chi connectivity index (χ0v) is 21.4. The van der Waals surface area contributed by atoms with Gasteiger partial charge in [0.2, 0.25) is 0 Å². The first-order valence-electron chi connectivity index (χ1n) is 12.2. The van der Waals surface area contributed by atoms with E-state index in [2.05, 4.69) is 84.7 Å². The maximum Gasteiger partial charge on any atom is 0.144 e. The van der Waals surface area contributed by atoms with Crippen molar-refractivity contribution in [3.05, 3.63) is 82.6 Å². The lowest BCUT2D eigenvalue weighted by Gasteiger charge is -2.34. The van der Waals surface area contributed by atoms with Gasteiger partial charge in [-0.25, -0.2) is 0 Å². The van der Waals surface area contributed by atoms with Gasteiger partial charge in [0, 0.05) is 38.9 Å². The molecule has 33 heavy (non-hydrogen) atoms. The Morgan fingerprint density at radius 2 is 1.97 bits per heavy atom. The summed E-state index contributed by atoms with van der Waals surface area (Å²) in [6.45, 7) is 15.1. The van der Waals surface area contributed by atoms with E-state index >= 15 is 0 Å². The number of nitrogens with one attached hydrogen (secondary N) is 2. The molecular weight excluding hydrogens is 408 g/mol. The number of ether oxygens (including phenoxy) is 1. The molecule has 5 nitrogen and oxygen atoms in total. The van der Waals surface area contributed by atoms with Crippen LogP contribution >= 0.6 is 0 Å². The summed E-state index contributed by atoms with van der Waals surface area (Å²) in [6, 6.07) is 0. The highest BCUT2D eigenvalue weighted by atomic mass is 16.5. The van der Waals surface area contributed by atoms with Crippen LogP contribution in [0.3, 0.4) is 0 Å². The maximum absolute atomic E-state index is 5.91. The van der Waals surface area contributed by atoms with E-state index in [1.807, 2.05) is 19.2 Å². The average molecular weight is 451 g/mol. The van der Waals surface area contributed by atoms with Crippen LogP contribution in [0.15, 0.2) is 87.6 Å². The number of allylic oxidation sites excluding steroid dienone is 8. The molecule has 1 heterocycles. The van der Waals surface area contributed by atoms with Crippen molar-refractivity contribution in [2.75, 3.05) is 39.8 Å². The van der Waals surface area contributed by atoms with Gasteiger partial charge in [-0.3, -0.25) is 4.99 Å². The van der Waals surface area contributed by atoms with Crippen LogP contribution in [0.2, 0.25) is 0 Å². The smallest absolute Gasteiger partial charge is 0.144 e. The normalized spacial score (nSPS) is 21.0. The van der Waals surface area contributed by atoms with Crippen molar-refractivity contribution in [1.29, 1.82) is 0 Å². The Morgan fingerprint density at radius 1 is 1.21 bits per heavy atom. The molecule has 180 valence electrons. The van der Waals surface area contributed by atoms with Gasteiger partial charge in [0.15, 0.2) is 0 Å². The lowest BCUT2D eigenvalue weighted by molar-refractivity contribution is 0.252. The molecule has 0 unspecified atom stereocenters. The highest BCUT2D eigenvalue weighted by Gasteiger charge is 2.21. The van der Waals surface area contributed by atoms with Gasteiger partial charge in [-0.2, -0.15) is 0 Å². The summed E-state index contributed by atoms with van der Waals surface area (Å²) < 4.78 is 5.91. The van der Waals surface area contributed by atoms with Crippen LogP contribution < -0.4 is 10.6 Å². The predicted molar refractivity (Wildman–Crippen MR) is 142 cm³/mol. The van der Waals surface area contributed by atoms with Crippen molar-refractivity contribution in [3.8, 4) is 0 Å². The Bertz CT molecular complexity index is 891. The third-order valence-electron chi connectivity index (χ3n) is 5.73. The minimum absolute atomic E-state index is 0.716. The molecule has 1 saturated heterocycles. The molecule has 0 aromatic rings. The van der Waals surface area contributed by atoms with Crippen LogP contribution in [-0.4, -0.2) is 50.4 Å². The number of methoxy groups -OCH3 is 1. The first-order valence-corrected chi connectivity index (χ1v) is 12.2. The van der Waals surface area contributed by atoms with Crippen molar-refractivity contribution in [2.45, 2.75) is 47.5 Å². The van der Waals surface area contributed by atoms with Crippen LogP contribution in [0, 0.1) is 0 Å². The third kappa shape index (κ3) is 7.93. The molecule has 0 radical (unpaired) electrons. The first kappa shape index (κ1) is 26.5. The Morgan fingerprint density at radius 3 is 2.58 bits per heavy atom. The number of hydrogen-bond acceptors (Lipinski definition) is 5. The van der Waals surface area contributed by atoms with Crippen molar-refractivity contribution in [3.63, 3.8) is 0 Å². The van der Waals surface area contributed by atoms with Gasteiger partial charge < -0.3 is 20.3 Å². The first-order chi connectivity index (χ1) is 16.1. The van der Waals surface area contributed by atoms with Crippen LogP contribution in [-0.2, 0) is 4.74 Å². The van der Waals surface area contributed by atoms with Gasteiger partial charge in [0.25, 0.3) is 0 Å². The van der Waals surface area contributed by atoms with Gasteiger partial charge in [0.05, 0.1) is 18.5 Å². The van der Waals surface area contributed by atoms with E-state index in [-0.39, 0.29) is 0 Å². The van der Waals surface area contributed by atoms with Gasteiger partial charge >= 0.3 is 0 Å². The zero-order valence-electron chi connectivity index (χ0n) is 21.4. The fourth-order valence-corrected chi connectivity index (χ4v) is 3.78. The molecule has 0 spiro atoms. The summed E-state index contributed by atoms with van der Waals surface area (Å²) in [5.41, 5.74) is 6.90. The zero-order chi connectivity index (χ0) is 24.1. The van der Waals surface area contributed by atoms with Crippen molar-refractivity contribution < 1.29 is 4.74 Å². The molecule has 0 aromatic heterocycles. The maximum atomic E-state index is 5.91. The Hall–Kier alpha value is -2.79. The van der Waals surface area contributed by atoms with Crippen molar-refractivity contribution in [1.82, 2.24) is 15.5 Å². The van der Waals surface area contributed by atoms with Crippen LogP contribution in [0.1, 0.15) is 47.5 Å². The van der Waals surface area contributed by atoms with Crippen LogP contribution in [0.4, 0.5) is 0 Å². The summed E-state index contributed by atoms with van der Waals surface area (Å²) in [6.07, 6.45) is 18.9. The van der Waals surface area contributed by atoms with E-state index in [4.69, 9.17) is 4.74 Å². The minimum Gasteiger partial charge on any atom is -0.495 e. The second kappa shape index (κ2) is 14.4. The Balaban J connectivity index is 2.34. The molecule has 0 atom stereocenters. The van der Waals surface area contributed by atoms with Crippen LogP contribution in [0.5, 0.6) is 0 Å². The topological polar surface area (TPSA) is 48.9 Å².